The van der Waals surface area contributed by atoms with Crippen LogP contribution in [0.2, 0.25) is 0 Å². The molecule has 5 nitrogen and oxygen atoms in total. The number of hydrogen-bond acceptors (Lipinski definition) is 6. The van der Waals surface area contributed by atoms with Crippen molar-refractivity contribution in [2.24, 2.45) is 0 Å². The first-order valence-electron chi connectivity index (χ1n) is 8.66. The fraction of sp³-hybridized carbons (Fsp3) is 0.368. The number of β-amino-alcohol motifs (C(OH)–C–C–N with tert-alkyl or cyclic N) is 1. The van der Waals surface area contributed by atoms with E-state index in [0.29, 0.717) is 0 Å². The fourth-order valence-electron chi connectivity index (χ4n) is 3.32. The van der Waals surface area contributed by atoms with Gasteiger partial charge in [-0.15, -0.1) is 11.3 Å². The Hall–Kier alpha value is -2.02. The van der Waals surface area contributed by atoms with Crippen molar-refractivity contribution >= 4 is 27.4 Å². The molecule has 1 aliphatic rings. The van der Waals surface area contributed by atoms with Gasteiger partial charge in [0.05, 0.1) is 12.0 Å². The van der Waals surface area contributed by atoms with Crippen LogP contribution in [0.25, 0.3) is 20.7 Å². The van der Waals surface area contributed by atoms with Crippen LogP contribution in [0.15, 0.2) is 36.4 Å². The van der Waals surface area contributed by atoms with Crippen LogP contribution < -0.4 is 4.90 Å². The van der Waals surface area contributed by atoms with Crippen molar-refractivity contribution in [1.82, 2.24) is 14.9 Å². The number of nitrogens with zero attached hydrogens (tertiary/aromatic N) is 4. The Morgan fingerprint density at radius 1 is 1.08 bits per heavy atom. The third kappa shape index (κ3) is 3.38. The van der Waals surface area contributed by atoms with Crippen LogP contribution in [0.1, 0.15) is 5.82 Å². The third-order valence-electron chi connectivity index (χ3n) is 4.63. The second-order valence-corrected chi connectivity index (χ2v) is 7.37. The molecule has 0 atom stereocenters. The van der Waals surface area contributed by atoms with E-state index in [1.807, 2.05) is 13.0 Å². The number of anilines is 1. The highest BCUT2D eigenvalue weighted by atomic mass is 32.1. The maximum absolute atomic E-state index is 9.12. The average Bonchev–Trinajstić information content (AvgIpc) is 3.07. The number of aryl methyl sites for hydroxylation is 1. The molecule has 4 rings (SSSR count). The SMILES string of the molecule is Cc1nc(N2CCN(CCO)CC2)c2cc(-c3ccccc3)sc2n1. The van der Waals surface area contributed by atoms with E-state index in [-0.39, 0.29) is 6.61 Å². The Labute approximate surface area is 151 Å². The number of rotatable bonds is 4. The second kappa shape index (κ2) is 7.07. The number of benzene rings is 1. The van der Waals surface area contributed by atoms with E-state index in [1.54, 1.807) is 11.3 Å². The van der Waals surface area contributed by atoms with E-state index in [1.165, 1.54) is 10.4 Å². The molecule has 0 aliphatic carbocycles. The van der Waals surface area contributed by atoms with Gasteiger partial charge in [-0.25, -0.2) is 9.97 Å². The summed E-state index contributed by atoms with van der Waals surface area (Å²) in [4.78, 5) is 16.4. The van der Waals surface area contributed by atoms with Gasteiger partial charge in [-0.3, -0.25) is 4.90 Å². The zero-order valence-corrected chi connectivity index (χ0v) is 15.2. The van der Waals surface area contributed by atoms with Crippen LogP contribution in [0.5, 0.6) is 0 Å². The number of fused-ring (bicyclic) bond motifs is 1. The minimum atomic E-state index is 0.224. The summed E-state index contributed by atoms with van der Waals surface area (Å²) in [5, 5.41) is 10.3. The van der Waals surface area contributed by atoms with E-state index in [2.05, 4.69) is 45.1 Å². The van der Waals surface area contributed by atoms with E-state index < -0.39 is 0 Å². The van der Waals surface area contributed by atoms with Crippen LogP contribution in [0, 0.1) is 6.92 Å². The summed E-state index contributed by atoms with van der Waals surface area (Å²) < 4.78 is 0. The van der Waals surface area contributed by atoms with Gasteiger partial charge in [0.15, 0.2) is 0 Å². The molecule has 0 spiro atoms. The minimum absolute atomic E-state index is 0.224. The lowest BCUT2D eigenvalue weighted by atomic mass is 10.2. The van der Waals surface area contributed by atoms with Crippen molar-refractivity contribution < 1.29 is 5.11 Å². The van der Waals surface area contributed by atoms with Crippen molar-refractivity contribution in [2.75, 3.05) is 44.2 Å². The number of aromatic nitrogens is 2. The topological polar surface area (TPSA) is 52.5 Å². The van der Waals surface area contributed by atoms with Crippen molar-refractivity contribution in [1.29, 1.82) is 0 Å². The average molecular weight is 354 g/mol. The molecule has 130 valence electrons. The molecule has 2 aromatic heterocycles. The Kier molecular flexibility index (Phi) is 4.65. The number of aliphatic hydroxyl groups is 1. The molecule has 0 unspecified atom stereocenters. The monoisotopic (exact) mass is 354 g/mol. The molecule has 1 aliphatic heterocycles. The van der Waals surface area contributed by atoms with Gasteiger partial charge in [-0.1, -0.05) is 30.3 Å². The normalized spacial score (nSPS) is 15.8. The van der Waals surface area contributed by atoms with E-state index in [0.717, 1.165) is 54.6 Å². The van der Waals surface area contributed by atoms with Gasteiger partial charge in [0.2, 0.25) is 0 Å². The molecule has 0 amide bonds. The predicted octanol–water partition coefficient (Wildman–Crippen LogP) is 2.78. The first-order chi connectivity index (χ1) is 12.2. The Morgan fingerprint density at radius 3 is 2.56 bits per heavy atom. The van der Waals surface area contributed by atoms with Crippen molar-refractivity contribution in [3.63, 3.8) is 0 Å². The maximum Gasteiger partial charge on any atom is 0.141 e. The highest BCUT2D eigenvalue weighted by molar-refractivity contribution is 7.21. The lowest BCUT2D eigenvalue weighted by Gasteiger charge is -2.35. The van der Waals surface area contributed by atoms with Crippen molar-refractivity contribution in [3.05, 3.63) is 42.2 Å². The summed E-state index contributed by atoms with van der Waals surface area (Å²) in [7, 11) is 0. The first kappa shape index (κ1) is 16.4. The summed E-state index contributed by atoms with van der Waals surface area (Å²) in [5.74, 6) is 1.87. The van der Waals surface area contributed by atoms with Gasteiger partial charge in [-0.2, -0.15) is 0 Å². The molecule has 3 heterocycles. The van der Waals surface area contributed by atoms with Crippen LogP contribution >= 0.6 is 11.3 Å². The molecule has 1 fully saturated rings. The van der Waals surface area contributed by atoms with E-state index in [4.69, 9.17) is 10.1 Å². The number of piperazine rings is 1. The summed E-state index contributed by atoms with van der Waals surface area (Å²) in [6, 6.07) is 12.7. The van der Waals surface area contributed by atoms with Gasteiger partial charge in [0.25, 0.3) is 0 Å². The van der Waals surface area contributed by atoms with Gasteiger partial charge in [-0.05, 0) is 18.6 Å². The van der Waals surface area contributed by atoms with Crippen LogP contribution in [-0.2, 0) is 0 Å². The Balaban J connectivity index is 1.68. The lowest BCUT2D eigenvalue weighted by Crippen LogP contribution is -2.47. The zero-order valence-electron chi connectivity index (χ0n) is 14.4. The van der Waals surface area contributed by atoms with Crippen LogP contribution in [0.4, 0.5) is 5.82 Å². The Bertz CT molecular complexity index is 856. The van der Waals surface area contributed by atoms with Gasteiger partial charge < -0.3 is 10.0 Å². The van der Waals surface area contributed by atoms with Crippen LogP contribution in [-0.4, -0.2) is 59.3 Å². The highest BCUT2D eigenvalue weighted by Gasteiger charge is 2.21. The summed E-state index contributed by atoms with van der Waals surface area (Å²) in [6.45, 7) is 6.73. The van der Waals surface area contributed by atoms with Gasteiger partial charge in [0.1, 0.15) is 16.5 Å². The molecular formula is C19H22N4OS. The van der Waals surface area contributed by atoms with Crippen molar-refractivity contribution in [2.45, 2.75) is 6.92 Å². The molecule has 1 N–H and O–H groups in total. The van der Waals surface area contributed by atoms with Crippen molar-refractivity contribution in [3.8, 4) is 10.4 Å². The summed E-state index contributed by atoms with van der Waals surface area (Å²) >= 11 is 1.73. The highest BCUT2D eigenvalue weighted by Crippen LogP contribution is 2.36. The van der Waals surface area contributed by atoms with Gasteiger partial charge in [0, 0.05) is 37.6 Å². The fourth-order valence-corrected chi connectivity index (χ4v) is 4.40. The quantitative estimate of drug-likeness (QED) is 0.781. The first-order valence-corrected chi connectivity index (χ1v) is 9.48. The molecule has 1 aromatic carbocycles. The summed E-state index contributed by atoms with van der Waals surface area (Å²) in [6.07, 6.45) is 0. The maximum atomic E-state index is 9.12. The molecule has 0 saturated carbocycles. The zero-order chi connectivity index (χ0) is 17.2. The van der Waals surface area contributed by atoms with E-state index >= 15 is 0 Å². The number of thiophene rings is 1. The third-order valence-corrected chi connectivity index (χ3v) is 5.71. The number of aliphatic hydroxyl groups excluding tert-OH is 1. The molecule has 0 radical (unpaired) electrons. The largest absolute Gasteiger partial charge is 0.395 e. The Morgan fingerprint density at radius 2 is 1.84 bits per heavy atom. The molecule has 0 bridgehead atoms. The predicted molar refractivity (Wildman–Crippen MR) is 103 cm³/mol. The molecule has 3 aromatic rings. The molecule has 6 heteroatoms. The minimum Gasteiger partial charge on any atom is -0.395 e. The lowest BCUT2D eigenvalue weighted by molar-refractivity contribution is 0.188. The molecule has 25 heavy (non-hydrogen) atoms. The standard InChI is InChI=1S/C19H22N4OS/c1-14-20-18(23-9-7-22(8-10-23)11-12-24)16-13-17(25-19(16)21-14)15-5-3-2-4-6-15/h2-6,13,24H,7-12H2,1H3. The molecular weight excluding hydrogens is 332 g/mol. The summed E-state index contributed by atoms with van der Waals surface area (Å²) in [5.41, 5.74) is 1.22. The van der Waals surface area contributed by atoms with E-state index in [9.17, 15) is 0 Å². The smallest absolute Gasteiger partial charge is 0.141 e. The molecule has 1 saturated heterocycles. The number of hydrogen-bond donors (Lipinski definition) is 1. The second-order valence-electron chi connectivity index (χ2n) is 6.34. The van der Waals surface area contributed by atoms with Gasteiger partial charge >= 0.3 is 0 Å². The van der Waals surface area contributed by atoms with Crippen LogP contribution in [0.3, 0.4) is 0 Å².